The second-order valence-electron chi connectivity index (χ2n) is 7.30. The predicted molar refractivity (Wildman–Crippen MR) is 96.0 cm³/mol. The van der Waals surface area contributed by atoms with E-state index < -0.39 is 36.4 Å². The predicted octanol–water partition coefficient (Wildman–Crippen LogP) is 0.639. The summed E-state index contributed by atoms with van der Waals surface area (Å²) in [5.74, 6) is -1.21. The maximum absolute atomic E-state index is 11.6. The summed E-state index contributed by atoms with van der Waals surface area (Å²) in [7, 11) is 0. The van der Waals surface area contributed by atoms with Gasteiger partial charge in [-0.25, -0.2) is 0 Å². The molecular formula is C18H25N2O8-. The standard InChI is InChI=1S/C18H25N2O8/c1-10(21)19-14-15(22)16-13(9-26-18(2,3)28-16)27-17(14)25-8-11-4-6-12(7-5-11)20(23)24/h4-7,13-17,22-23H,8-9H2,1-3H3,(H,19,21)/q-1/t13-,14+,15-,16-,17+/m1/s1. The molecule has 3 rings (SSSR count). The number of carbonyl (C=O) groups excluding carboxylic acids is 1. The number of rotatable bonds is 5. The third-order valence-corrected chi connectivity index (χ3v) is 4.63. The summed E-state index contributed by atoms with van der Waals surface area (Å²) in [6, 6.07) is 5.27. The van der Waals surface area contributed by atoms with Crippen LogP contribution >= 0.6 is 0 Å². The Morgan fingerprint density at radius 2 is 2.07 bits per heavy atom. The third-order valence-electron chi connectivity index (χ3n) is 4.63. The van der Waals surface area contributed by atoms with E-state index in [-0.39, 0.29) is 30.0 Å². The number of amides is 1. The number of nitrogens with one attached hydrogen (secondary N) is 1. The average molecular weight is 397 g/mol. The molecule has 1 aromatic rings. The molecule has 1 aromatic carbocycles. The molecule has 0 aliphatic carbocycles. The first-order valence-corrected chi connectivity index (χ1v) is 8.95. The fourth-order valence-corrected chi connectivity index (χ4v) is 3.27. The van der Waals surface area contributed by atoms with Gasteiger partial charge in [0.25, 0.3) is 0 Å². The van der Waals surface area contributed by atoms with Crippen molar-refractivity contribution in [2.45, 2.75) is 63.8 Å². The molecule has 10 heteroatoms. The Morgan fingerprint density at radius 1 is 1.39 bits per heavy atom. The van der Waals surface area contributed by atoms with E-state index >= 15 is 0 Å². The molecule has 0 aromatic heterocycles. The number of aliphatic hydroxyl groups excluding tert-OH is 1. The van der Waals surface area contributed by atoms with Crippen molar-refractivity contribution in [2.24, 2.45) is 0 Å². The second kappa shape index (κ2) is 8.29. The summed E-state index contributed by atoms with van der Waals surface area (Å²) < 4.78 is 23.1. The van der Waals surface area contributed by atoms with Crippen molar-refractivity contribution in [3.8, 4) is 0 Å². The molecule has 0 spiro atoms. The zero-order chi connectivity index (χ0) is 20.5. The SMILES string of the molecule is CC(=O)N[C@@H]1[C@@H](OCc2ccc(N([O-])O)cc2)O[C@@H]2COC(C)(C)O[C@H]2[C@@H]1O. The fourth-order valence-electron chi connectivity index (χ4n) is 3.27. The number of anilines is 1. The van der Waals surface area contributed by atoms with Gasteiger partial charge in [-0.05, 0) is 31.5 Å². The van der Waals surface area contributed by atoms with E-state index in [0.717, 1.165) is 0 Å². The highest BCUT2D eigenvalue weighted by molar-refractivity contribution is 5.73. The lowest BCUT2D eigenvalue weighted by Crippen LogP contribution is -2.68. The number of fused-ring (bicyclic) bond motifs is 1. The van der Waals surface area contributed by atoms with E-state index in [1.807, 2.05) is 0 Å². The van der Waals surface area contributed by atoms with Crippen molar-refractivity contribution >= 4 is 11.6 Å². The fraction of sp³-hybridized carbons (Fsp3) is 0.611. The molecular weight excluding hydrogens is 372 g/mol. The van der Waals surface area contributed by atoms with Gasteiger partial charge in [0.05, 0.1) is 18.9 Å². The highest BCUT2D eigenvalue weighted by Crippen LogP contribution is 2.33. The second-order valence-corrected chi connectivity index (χ2v) is 7.30. The molecule has 0 radical (unpaired) electrons. The van der Waals surface area contributed by atoms with E-state index in [9.17, 15) is 15.1 Å². The van der Waals surface area contributed by atoms with Gasteiger partial charge in [0.1, 0.15) is 24.4 Å². The van der Waals surface area contributed by atoms with E-state index in [1.54, 1.807) is 26.0 Å². The van der Waals surface area contributed by atoms with E-state index in [2.05, 4.69) is 5.32 Å². The lowest BCUT2D eigenvalue weighted by Gasteiger charge is -2.49. The number of aliphatic hydroxyl groups is 1. The molecule has 1 amide bonds. The summed E-state index contributed by atoms with van der Waals surface area (Å²) in [6.07, 6.45) is -3.21. The van der Waals surface area contributed by atoms with Crippen LogP contribution in [-0.4, -0.2) is 59.3 Å². The van der Waals surface area contributed by atoms with Crippen LogP contribution in [0.25, 0.3) is 0 Å². The monoisotopic (exact) mass is 397 g/mol. The number of hydrogen-bond acceptors (Lipinski definition) is 9. The minimum Gasteiger partial charge on any atom is -0.733 e. The maximum atomic E-state index is 11.6. The lowest BCUT2D eigenvalue weighted by molar-refractivity contribution is -0.369. The van der Waals surface area contributed by atoms with Crippen LogP contribution in [0.2, 0.25) is 0 Å². The number of benzene rings is 1. The summed E-state index contributed by atoms with van der Waals surface area (Å²) >= 11 is 0. The van der Waals surface area contributed by atoms with Crippen molar-refractivity contribution in [1.82, 2.24) is 5.32 Å². The Kier molecular flexibility index (Phi) is 6.20. The molecule has 0 unspecified atom stereocenters. The highest BCUT2D eigenvalue weighted by atomic mass is 16.8. The van der Waals surface area contributed by atoms with E-state index in [1.165, 1.54) is 19.1 Å². The smallest absolute Gasteiger partial charge is 0.217 e. The first kappa shape index (κ1) is 20.9. The van der Waals surface area contributed by atoms with Gasteiger partial charge in [-0.2, -0.15) is 0 Å². The Morgan fingerprint density at radius 3 is 2.68 bits per heavy atom. The minimum absolute atomic E-state index is 0.0890. The van der Waals surface area contributed by atoms with Gasteiger partial charge in [0, 0.05) is 6.92 Å². The van der Waals surface area contributed by atoms with Gasteiger partial charge >= 0.3 is 0 Å². The Bertz CT molecular complexity index is 681. The number of hydrogen-bond donors (Lipinski definition) is 3. The molecule has 0 bridgehead atoms. The van der Waals surface area contributed by atoms with Crippen LogP contribution in [0.4, 0.5) is 5.69 Å². The van der Waals surface area contributed by atoms with Gasteiger partial charge in [0.15, 0.2) is 12.1 Å². The maximum Gasteiger partial charge on any atom is 0.217 e. The zero-order valence-corrected chi connectivity index (χ0v) is 15.9. The summed E-state index contributed by atoms with van der Waals surface area (Å²) in [4.78, 5) is 11.6. The Labute approximate surface area is 162 Å². The van der Waals surface area contributed by atoms with Crippen molar-refractivity contribution < 1.29 is 34.1 Å². The normalized spacial score (nSPS) is 31.7. The quantitative estimate of drug-likeness (QED) is 0.612. The van der Waals surface area contributed by atoms with E-state index in [0.29, 0.717) is 5.56 Å². The molecule has 28 heavy (non-hydrogen) atoms. The Hall–Kier alpha value is -1.79. The van der Waals surface area contributed by atoms with Crippen LogP contribution in [-0.2, 0) is 30.3 Å². The van der Waals surface area contributed by atoms with Gasteiger partial charge in [0.2, 0.25) is 5.91 Å². The van der Waals surface area contributed by atoms with Crippen LogP contribution in [0.5, 0.6) is 0 Å². The molecule has 2 saturated heterocycles. The van der Waals surface area contributed by atoms with Crippen LogP contribution in [0.15, 0.2) is 24.3 Å². The highest BCUT2D eigenvalue weighted by Gasteiger charge is 2.51. The molecule has 10 nitrogen and oxygen atoms in total. The Balaban J connectivity index is 1.70. The summed E-state index contributed by atoms with van der Waals surface area (Å²) in [5, 5.41) is 32.9. The average Bonchev–Trinajstić information content (AvgIpc) is 2.63. The largest absolute Gasteiger partial charge is 0.733 e. The third kappa shape index (κ3) is 4.78. The lowest BCUT2D eigenvalue weighted by atomic mass is 9.95. The molecule has 2 aliphatic rings. The minimum atomic E-state index is -1.05. The van der Waals surface area contributed by atoms with Crippen molar-refractivity contribution in [1.29, 1.82) is 0 Å². The van der Waals surface area contributed by atoms with Crippen LogP contribution in [0.1, 0.15) is 26.3 Å². The first-order chi connectivity index (χ1) is 13.2. The topological polar surface area (TPSA) is 133 Å². The van der Waals surface area contributed by atoms with Gasteiger partial charge in [-0.3, -0.25) is 10.0 Å². The number of carbonyl (C=O) groups is 1. The van der Waals surface area contributed by atoms with E-state index in [4.69, 9.17) is 24.2 Å². The van der Waals surface area contributed by atoms with Crippen LogP contribution in [0, 0.1) is 5.21 Å². The van der Waals surface area contributed by atoms with Crippen LogP contribution < -0.4 is 10.5 Å². The molecule has 2 heterocycles. The van der Waals surface area contributed by atoms with Gasteiger partial charge in [-0.15, -0.1) is 0 Å². The summed E-state index contributed by atoms with van der Waals surface area (Å²) in [5.41, 5.74) is 0.802. The first-order valence-electron chi connectivity index (χ1n) is 8.95. The molecule has 5 atom stereocenters. The van der Waals surface area contributed by atoms with Gasteiger partial charge < -0.3 is 39.8 Å². The molecule has 156 valence electrons. The van der Waals surface area contributed by atoms with Crippen molar-refractivity contribution in [2.75, 3.05) is 11.8 Å². The van der Waals surface area contributed by atoms with Crippen LogP contribution in [0.3, 0.4) is 0 Å². The molecule has 2 aliphatic heterocycles. The summed E-state index contributed by atoms with van der Waals surface area (Å²) in [6.45, 7) is 5.14. The van der Waals surface area contributed by atoms with Gasteiger partial charge in [-0.1, -0.05) is 12.1 Å². The zero-order valence-electron chi connectivity index (χ0n) is 15.9. The van der Waals surface area contributed by atoms with Crippen molar-refractivity contribution in [3.63, 3.8) is 0 Å². The molecule has 0 saturated carbocycles. The van der Waals surface area contributed by atoms with Crippen molar-refractivity contribution in [3.05, 3.63) is 35.0 Å². The number of nitrogens with zero attached hydrogens (tertiary/aromatic N) is 1. The molecule has 2 fully saturated rings. The number of ether oxygens (including phenoxy) is 4. The molecule has 3 N–H and O–H groups in total.